The standard InChI is InChI=1S/C13H22N2O2/c1-5-15(6-2)10(3)17-12-8-7-11(14)9-13(12)16-4/h7-10H,5-6,14H2,1-4H3. The second kappa shape index (κ2) is 6.35. The zero-order valence-electron chi connectivity index (χ0n) is 11.1. The summed E-state index contributed by atoms with van der Waals surface area (Å²) in [5.74, 6) is 1.39. The molecule has 1 aromatic carbocycles. The van der Waals surface area contributed by atoms with Gasteiger partial charge in [0.1, 0.15) is 6.23 Å². The third-order valence-corrected chi connectivity index (χ3v) is 2.81. The van der Waals surface area contributed by atoms with Crippen LogP contribution in [0.4, 0.5) is 5.69 Å². The number of rotatable bonds is 6. The predicted molar refractivity (Wildman–Crippen MR) is 70.4 cm³/mol. The number of nitrogens with zero attached hydrogens (tertiary/aromatic N) is 1. The summed E-state index contributed by atoms with van der Waals surface area (Å²) in [7, 11) is 1.61. The van der Waals surface area contributed by atoms with Crippen molar-refractivity contribution < 1.29 is 9.47 Å². The quantitative estimate of drug-likeness (QED) is 0.610. The molecule has 0 fully saturated rings. The fourth-order valence-electron chi connectivity index (χ4n) is 1.78. The van der Waals surface area contributed by atoms with Gasteiger partial charge in [0.15, 0.2) is 11.5 Å². The Hall–Kier alpha value is -1.42. The van der Waals surface area contributed by atoms with Crippen LogP contribution in [0.3, 0.4) is 0 Å². The minimum atomic E-state index is 0.0162. The first kappa shape index (κ1) is 13.6. The molecule has 0 aliphatic carbocycles. The lowest BCUT2D eigenvalue weighted by Gasteiger charge is -2.27. The first-order valence-electron chi connectivity index (χ1n) is 5.96. The van der Waals surface area contributed by atoms with Crippen LogP contribution >= 0.6 is 0 Å². The molecular formula is C13H22N2O2. The van der Waals surface area contributed by atoms with E-state index in [2.05, 4.69) is 18.7 Å². The van der Waals surface area contributed by atoms with E-state index in [1.54, 1.807) is 13.2 Å². The molecule has 17 heavy (non-hydrogen) atoms. The number of methoxy groups -OCH3 is 1. The van der Waals surface area contributed by atoms with Gasteiger partial charge >= 0.3 is 0 Å². The fourth-order valence-corrected chi connectivity index (χ4v) is 1.78. The third kappa shape index (κ3) is 3.53. The molecule has 1 aromatic rings. The van der Waals surface area contributed by atoms with Crippen LogP contribution < -0.4 is 15.2 Å². The van der Waals surface area contributed by atoms with E-state index in [9.17, 15) is 0 Å². The molecule has 0 radical (unpaired) electrons. The van der Waals surface area contributed by atoms with Gasteiger partial charge in [0.2, 0.25) is 0 Å². The van der Waals surface area contributed by atoms with E-state index in [1.807, 2.05) is 19.1 Å². The predicted octanol–water partition coefficient (Wildman–Crippen LogP) is 2.34. The van der Waals surface area contributed by atoms with Gasteiger partial charge in [0.25, 0.3) is 0 Å². The molecule has 96 valence electrons. The maximum absolute atomic E-state index is 5.88. The van der Waals surface area contributed by atoms with E-state index in [4.69, 9.17) is 15.2 Å². The van der Waals surface area contributed by atoms with Crippen molar-refractivity contribution in [1.29, 1.82) is 0 Å². The average Bonchev–Trinajstić information content (AvgIpc) is 2.33. The van der Waals surface area contributed by atoms with Crippen LogP contribution in [0.5, 0.6) is 11.5 Å². The largest absolute Gasteiger partial charge is 0.493 e. The lowest BCUT2D eigenvalue weighted by atomic mass is 10.3. The highest BCUT2D eigenvalue weighted by molar-refractivity contribution is 5.51. The summed E-state index contributed by atoms with van der Waals surface area (Å²) < 4.78 is 11.1. The highest BCUT2D eigenvalue weighted by Crippen LogP contribution is 2.30. The lowest BCUT2D eigenvalue weighted by molar-refractivity contribution is 0.0459. The van der Waals surface area contributed by atoms with Crippen LogP contribution in [0.1, 0.15) is 20.8 Å². The zero-order valence-corrected chi connectivity index (χ0v) is 11.1. The summed E-state index contributed by atoms with van der Waals surface area (Å²) in [5, 5.41) is 0. The normalized spacial score (nSPS) is 12.5. The smallest absolute Gasteiger partial charge is 0.163 e. The molecule has 0 saturated carbocycles. The Morgan fingerprint density at radius 1 is 1.24 bits per heavy atom. The number of benzene rings is 1. The van der Waals surface area contributed by atoms with E-state index in [0.717, 1.165) is 18.8 Å². The molecule has 0 bridgehead atoms. The minimum absolute atomic E-state index is 0.0162. The van der Waals surface area contributed by atoms with Crippen molar-refractivity contribution in [2.75, 3.05) is 25.9 Å². The molecule has 4 nitrogen and oxygen atoms in total. The maximum atomic E-state index is 5.88. The van der Waals surface area contributed by atoms with Crippen LogP contribution in [-0.4, -0.2) is 31.3 Å². The Morgan fingerprint density at radius 3 is 2.41 bits per heavy atom. The van der Waals surface area contributed by atoms with E-state index in [1.165, 1.54) is 0 Å². The number of nitrogen functional groups attached to an aromatic ring is 1. The molecule has 0 aliphatic heterocycles. The Bertz CT molecular complexity index is 351. The SMILES string of the molecule is CCN(CC)C(C)Oc1ccc(N)cc1OC. The average molecular weight is 238 g/mol. The van der Waals surface area contributed by atoms with Crippen LogP contribution in [0.25, 0.3) is 0 Å². The Labute approximate surface area is 103 Å². The molecule has 2 N–H and O–H groups in total. The van der Waals surface area contributed by atoms with Crippen molar-refractivity contribution >= 4 is 5.69 Å². The summed E-state index contributed by atoms with van der Waals surface area (Å²) in [4.78, 5) is 2.22. The Kier molecular flexibility index (Phi) is 5.10. The van der Waals surface area contributed by atoms with Gasteiger partial charge in [0, 0.05) is 11.8 Å². The van der Waals surface area contributed by atoms with E-state index in [0.29, 0.717) is 11.4 Å². The zero-order chi connectivity index (χ0) is 12.8. The third-order valence-electron chi connectivity index (χ3n) is 2.81. The first-order valence-corrected chi connectivity index (χ1v) is 5.96. The highest BCUT2D eigenvalue weighted by atomic mass is 16.5. The molecule has 1 atom stereocenters. The molecule has 1 rings (SSSR count). The van der Waals surface area contributed by atoms with Gasteiger partial charge in [-0.1, -0.05) is 13.8 Å². The Balaban J connectivity index is 2.80. The molecule has 0 aliphatic rings. The molecule has 0 heterocycles. The molecule has 0 saturated heterocycles. The maximum Gasteiger partial charge on any atom is 0.163 e. The summed E-state index contributed by atoms with van der Waals surface area (Å²) in [6, 6.07) is 5.42. The van der Waals surface area contributed by atoms with Gasteiger partial charge in [-0.15, -0.1) is 0 Å². The number of anilines is 1. The summed E-state index contributed by atoms with van der Waals surface area (Å²) >= 11 is 0. The van der Waals surface area contributed by atoms with Gasteiger partial charge in [-0.3, -0.25) is 4.90 Å². The molecule has 0 amide bonds. The highest BCUT2D eigenvalue weighted by Gasteiger charge is 2.14. The summed E-state index contributed by atoms with van der Waals surface area (Å²) in [5.41, 5.74) is 6.37. The van der Waals surface area contributed by atoms with Crippen molar-refractivity contribution in [3.8, 4) is 11.5 Å². The Morgan fingerprint density at radius 2 is 1.88 bits per heavy atom. The fraction of sp³-hybridized carbons (Fsp3) is 0.538. The topological polar surface area (TPSA) is 47.7 Å². The number of hydrogen-bond acceptors (Lipinski definition) is 4. The van der Waals surface area contributed by atoms with Crippen molar-refractivity contribution in [3.05, 3.63) is 18.2 Å². The van der Waals surface area contributed by atoms with E-state index < -0.39 is 0 Å². The number of hydrogen-bond donors (Lipinski definition) is 1. The molecular weight excluding hydrogens is 216 g/mol. The van der Waals surface area contributed by atoms with Gasteiger partial charge in [-0.2, -0.15) is 0 Å². The second-order valence-electron chi connectivity index (χ2n) is 3.85. The van der Waals surface area contributed by atoms with Crippen LogP contribution in [-0.2, 0) is 0 Å². The van der Waals surface area contributed by atoms with Crippen LogP contribution in [0.2, 0.25) is 0 Å². The van der Waals surface area contributed by atoms with Crippen LogP contribution in [0.15, 0.2) is 18.2 Å². The van der Waals surface area contributed by atoms with Crippen molar-refractivity contribution in [2.45, 2.75) is 27.0 Å². The summed E-state index contributed by atoms with van der Waals surface area (Å²) in [6.07, 6.45) is 0.0162. The molecule has 4 heteroatoms. The van der Waals surface area contributed by atoms with Crippen molar-refractivity contribution in [3.63, 3.8) is 0 Å². The molecule has 1 unspecified atom stereocenters. The lowest BCUT2D eigenvalue weighted by Crippen LogP contribution is -2.36. The van der Waals surface area contributed by atoms with Crippen molar-refractivity contribution in [1.82, 2.24) is 4.90 Å². The van der Waals surface area contributed by atoms with Gasteiger partial charge < -0.3 is 15.2 Å². The minimum Gasteiger partial charge on any atom is -0.493 e. The number of nitrogens with two attached hydrogens (primary N) is 1. The van der Waals surface area contributed by atoms with E-state index in [-0.39, 0.29) is 6.23 Å². The van der Waals surface area contributed by atoms with Gasteiger partial charge in [0.05, 0.1) is 7.11 Å². The number of ether oxygens (including phenoxy) is 2. The second-order valence-corrected chi connectivity index (χ2v) is 3.85. The van der Waals surface area contributed by atoms with E-state index >= 15 is 0 Å². The van der Waals surface area contributed by atoms with Gasteiger partial charge in [-0.25, -0.2) is 0 Å². The molecule has 0 spiro atoms. The van der Waals surface area contributed by atoms with Gasteiger partial charge in [-0.05, 0) is 32.1 Å². The van der Waals surface area contributed by atoms with Crippen LogP contribution in [0, 0.1) is 0 Å². The molecule has 0 aromatic heterocycles. The monoisotopic (exact) mass is 238 g/mol. The summed E-state index contributed by atoms with van der Waals surface area (Å²) in [6.45, 7) is 8.17. The first-order chi connectivity index (χ1) is 8.12. The van der Waals surface area contributed by atoms with Crippen molar-refractivity contribution in [2.24, 2.45) is 0 Å².